The predicted molar refractivity (Wildman–Crippen MR) is 144 cm³/mol. The quantitative estimate of drug-likeness (QED) is 0.382. The van der Waals surface area contributed by atoms with Crippen LogP contribution in [0.4, 0.5) is 13.2 Å². The first-order valence-electron chi connectivity index (χ1n) is 13.1. The highest BCUT2D eigenvalue weighted by Crippen LogP contribution is 2.29. The van der Waals surface area contributed by atoms with Gasteiger partial charge in [-0.3, -0.25) is 9.59 Å². The van der Waals surface area contributed by atoms with Crippen LogP contribution in [0.25, 0.3) is 0 Å². The van der Waals surface area contributed by atoms with Crippen LogP contribution in [0.3, 0.4) is 0 Å². The van der Waals surface area contributed by atoms with E-state index in [9.17, 15) is 22.8 Å². The van der Waals surface area contributed by atoms with Crippen molar-refractivity contribution in [2.24, 2.45) is 5.73 Å². The number of hydrogen-bond donors (Lipinski definition) is 3. The lowest BCUT2D eigenvalue weighted by Crippen LogP contribution is -2.49. The molecule has 1 heterocycles. The zero-order chi connectivity index (χ0) is 27.8. The maximum absolute atomic E-state index is 13.6. The van der Waals surface area contributed by atoms with Gasteiger partial charge in [0.25, 0.3) is 5.91 Å². The molecule has 206 valence electrons. The Morgan fingerprint density at radius 2 is 1.56 bits per heavy atom. The average molecular weight is 539 g/mol. The Kier molecular flexibility index (Phi) is 9.37. The Bertz CT molecular complexity index is 1180. The van der Waals surface area contributed by atoms with E-state index in [4.69, 9.17) is 5.73 Å². The summed E-state index contributed by atoms with van der Waals surface area (Å²) in [5.74, 6) is -0.513. The highest BCUT2D eigenvalue weighted by molar-refractivity contribution is 5.94. The lowest BCUT2D eigenvalue weighted by Gasteiger charge is -2.29. The van der Waals surface area contributed by atoms with Crippen molar-refractivity contribution in [1.29, 1.82) is 0 Å². The van der Waals surface area contributed by atoms with Gasteiger partial charge in [-0.25, -0.2) is 0 Å². The molecule has 3 aromatic carbocycles. The maximum atomic E-state index is 13.6. The number of nitrogens with one attached hydrogen (secondary N) is 2. The Balaban J connectivity index is 1.45. The molecule has 0 bridgehead atoms. The molecule has 6 nitrogen and oxygen atoms in total. The van der Waals surface area contributed by atoms with Crippen LogP contribution in [-0.2, 0) is 11.0 Å². The molecule has 1 aliphatic heterocycles. The molecular formula is C30H33F3N4O2. The summed E-state index contributed by atoms with van der Waals surface area (Å²) < 4.78 is 38.5. The number of halogens is 3. The number of hydrogen-bond acceptors (Lipinski definition) is 4. The minimum Gasteiger partial charge on any atom is -0.350 e. The third-order valence-electron chi connectivity index (χ3n) is 7.04. The molecule has 4 N–H and O–H groups in total. The monoisotopic (exact) mass is 538 g/mol. The van der Waals surface area contributed by atoms with E-state index < -0.39 is 23.7 Å². The van der Waals surface area contributed by atoms with Crippen molar-refractivity contribution in [2.45, 2.75) is 37.0 Å². The first kappa shape index (κ1) is 28.3. The lowest BCUT2D eigenvalue weighted by atomic mass is 9.90. The van der Waals surface area contributed by atoms with Crippen molar-refractivity contribution in [3.05, 3.63) is 107 Å². The fraction of sp³-hybridized carbons (Fsp3) is 0.333. The van der Waals surface area contributed by atoms with Gasteiger partial charge in [-0.1, -0.05) is 60.7 Å². The molecule has 0 unspecified atom stereocenters. The molecule has 0 radical (unpaired) electrons. The fourth-order valence-corrected chi connectivity index (χ4v) is 4.92. The average Bonchev–Trinajstić information content (AvgIpc) is 3.09. The van der Waals surface area contributed by atoms with E-state index >= 15 is 0 Å². The third kappa shape index (κ3) is 7.46. The van der Waals surface area contributed by atoms with Crippen LogP contribution in [0, 0.1) is 0 Å². The molecule has 39 heavy (non-hydrogen) atoms. The zero-order valence-electron chi connectivity index (χ0n) is 21.5. The van der Waals surface area contributed by atoms with E-state index in [2.05, 4.69) is 34.9 Å². The molecule has 9 heteroatoms. The number of nitrogens with two attached hydrogens (primary N) is 1. The van der Waals surface area contributed by atoms with Crippen molar-refractivity contribution >= 4 is 11.8 Å². The SMILES string of the molecule is NCC[C@@H]1N[C@H](CNC(=O)c2ccc(C(F)(F)F)cc2)CCN(CC(c2ccccc2)c2ccccc2)C1=O. The van der Waals surface area contributed by atoms with Crippen LogP contribution in [0.15, 0.2) is 84.9 Å². The summed E-state index contributed by atoms with van der Waals surface area (Å²) in [7, 11) is 0. The summed E-state index contributed by atoms with van der Waals surface area (Å²) in [6.07, 6.45) is -3.42. The van der Waals surface area contributed by atoms with Crippen molar-refractivity contribution in [3.63, 3.8) is 0 Å². The van der Waals surface area contributed by atoms with Gasteiger partial charge in [0.15, 0.2) is 0 Å². The smallest absolute Gasteiger partial charge is 0.350 e. The highest BCUT2D eigenvalue weighted by atomic mass is 19.4. The van der Waals surface area contributed by atoms with E-state index in [0.29, 0.717) is 32.5 Å². The predicted octanol–water partition coefficient (Wildman–Crippen LogP) is 4.18. The van der Waals surface area contributed by atoms with Crippen LogP contribution in [-0.4, -0.2) is 55.0 Å². The van der Waals surface area contributed by atoms with E-state index in [-0.39, 0.29) is 30.0 Å². The van der Waals surface area contributed by atoms with E-state index in [1.165, 1.54) is 0 Å². The molecule has 0 aliphatic carbocycles. The summed E-state index contributed by atoms with van der Waals surface area (Å²) in [6, 6.07) is 23.5. The fourth-order valence-electron chi connectivity index (χ4n) is 4.92. The number of carbonyl (C=O) groups is 2. The number of carbonyl (C=O) groups excluding carboxylic acids is 2. The Labute approximate surface area is 226 Å². The van der Waals surface area contributed by atoms with Crippen LogP contribution in [0.2, 0.25) is 0 Å². The van der Waals surface area contributed by atoms with Crippen LogP contribution in [0.1, 0.15) is 45.8 Å². The summed E-state index contributed by atoms with van der Waals surface area (Å²) in [5.41, 5.74) is 7.39. The number of nitrogens with zero attached hydrogens (tertiary/aromatic N) is 1. The minimum absolute atomic E-state index is 0.00852. The first-order valence-corrected chi connectivity index (χ1v) is 13.1. The molecule has 1 saturated heterocycles. The first-order chi connectivity index (χ1) is 18.8. The van der Waals surface area contributed by atoms with Gasteiger partial charge in [0.05, 0.1) is 11.6 Å². The maximum Gasteiger partial charge on any atom is 0.416 e. The number of alkyl halides is 3. The van der Waals surface area contributed by atoms with E-state index in [0.717, 1.165) is 35.4 Å². The van der Waals surface area contributed by atoms with Crippen LogP contribution in [0.5, 0.6) is 0 Å². The van der Waals surface area contributed by atoms with Crippen molar-refractivity contribution in [3.8, 4) is 0 Å². The molecule has 2 atom stereocenters. The second kappa shape index (κ2) is 12.9. The third-order valence-corrected chi connectivity index (χ3v) is 7.04. The summed E-state index contributed by atoms with van der Waals surface area (Å²) in [5, 5.41) is 6.15. The Morgan fingerprint density at radius 1 is 0.974 bits per heavy atom. The zero-order valence-corrected chi connectivity index (χ0v) is 21.5. The summed E-state index contributed by atoms with van der Waals surface area (Å²) in [4.78, 5) is 28.1. The van der Waals surface area contributed by atoms with Crippen LogP contribution >= 0.6 is 0 Å². The molecular weight excluding hydrogens is 505 g/mol. The van der Waals surface area contributed by atoms with E-state index in [1.807, 2.05) is 41.3 Å². The molecule has 1 fully saturated rings. The molecule has 0 aromatic heterocycles. The molecule has 1 aliphatic rings. The molecule has 3 aromatic rings. The number of amides is 2. The van der Waals surface area contributed by atoms with Gasteiger partial charge in [-0.2, -0.15) is 13.2 Å². The van der Waals surface area contributed by atoms with Gasteiger partial charge in [-0.15, -0.1) is 0 Å². The van der Waals surface area contributed by atoms with Crippen molar-refractivity contribution < 1.29 is 22.8 Å². The minimum atomic E-state index is -4.46. The van der Waals surface area contributed by atoms with Gasteiger partial charge in [-0.05, 0) is 54.8 Å². The van der Waals surface area contributed by atoms with Gasteiger partial charge >= 0.3 is 6.18 Å². The molecule has 2 amide bonds. The summed E-state index contributed by atoms with van der Waals surface area (Å²) in [6.45, 7) is 1.54. The lowest BCUT2D eigenvalue weighted by molar-refractivity contribution is -0.137. The second-order valence-electron chi connectivity index (χ2n) is 9.73. The van der Waals surface area contributed by atoms with E-state index in [1.54, 1.807) is 0 Å². The molecule has 0 spiro atoms. The summed E-state index contributed by atoms with van der Waals surface area (Å²) >= 11 is 0. The normalized spacial score (nSPS) is 18.2. The van der Waals surface area contributed by atoms with Gasteiger partial charge < -0.3 is 21.3 Å². The standard InChI is InChI=1S/C30H33F3N4O2/c31-30(32,33)24-13-11-23(12-14-24)28(38)35-19-25-16-18-37(29(39)27(36-25)15-17-34)20-26(21-7-3-1-4-8-21)22-9-5-2-6-10-22/h1-14,25-27,36H,15-20,34H2,(H,35,38)/t25-,27-/m0/s1. The Morgan fingerprint density at radius 3 is 2.10 bits per heavy atom. The van der Waals surface area contributed by atoms with Gasteiger partial charge in [0.1, 0.15) is 0 Å². The highest BCUT2D eigenvalue weighted by Gasteiger charge is 2.33. The molecule has 4 rings (SSSR count). The van der Waals surface area contributed by atoms with Crippen molar-refractivity contribution in [1.82, 2.24) is 15.5 Å². The topological polar surface area (TPSA) is 87.5 Å². The van der Waals surface area contributed by atoms with Gasteiger partial charge in [0, 0.05) is 37.2 Å². The Hall–Kier alpha value is -3.69. The second-order valence-corrected chi connectivity index (χ2v) is 9.73. The number of benzene rings is 3. The van der Waals surface area contributed by atoms with Crippen molar-refractivity contribution in [2.75, 3.05) is 26.2 Å². The number of rotatable bonds is 9. The largest absolute Gasteiger partial charge is 0.416 e. The van der Waals surface area contributed by atoms with Gasteiger partial charge in [0.2, 0.25) is 5.91 Å². The van der Waals surface area contributed by atoms with Crippen LogP contribution < -0.4 is 16.4 Å². The molecule has 0 saturated carbocycles.